The molecule has 0 saturated carbocycles. The van der Waals surface area contributed by atoms with E-state index in [0.717, 1.165) is 5.56 Å². The van der Waals surface area contributed by atoms with E-state index in [1.807, 2.05) is 20.8 Å². The van der Waals surface area contributed by atoms with E-state index in [9.17, 15) is 21.6 Å². The molecule has 0 bridgehead atoms. The molecule has 2 rings (SSSR count). The number of anilines is 1. The van der Waals surface area contributed by atoms with Crippen LogP contribution in [0.2, 0.25) is 0 Å². The maximum Gasteiger partial charge on any atom is 0.242 e. The molecule has 0 radical (unpaired) electrons. The van der Waals surface area contributed by atoms with Crippen molar-refractivity contribution < 1.29 is 21.6 Å². The molecule has 1 atom stereocenters. The lowest BCUT2D eigenvalue weighted by atomic mass is 10.0. The molecule has 0 aliphatic rings. The Morgan fingerprint density at radius 1 is 1.00 bits per heavy atom. The van der Waals surface area contributed by atoms with Crippen molar-refractivity contribution >= 4 is 31.6 Å². The summed E-state index contributed by atoms with van der Waals surface area (Å²) in [6.07, 6.45) is 1.76. The summed E-state index contributed by atoms with van der Waals surface area (Å²) in [5, 5.41) is 2.71. The van der Waals surface area contributed by atoms with Crippen LogP contribution < -0.4 is 14.8 Å². The molecular formula is C23H31N3O5S2. The summed E-state index contributed by atoms with van der Waals surface area (Å²) in [6.45, 7) is 9.28. The predicted octanol–water partition coefficient (Wildman–Crippen LogP) is 2.93. The van der Waals surface area contributed by atoms with Gasteiger partial charge >= 0.3 is 0 Å². The van der Waals surface area contributed by atoms with Gasteiger partial charge < -0.3 is 5.32 Å². The molecule has 0 heterocycles. The molecule has 8 nitrogen and oxygen atoms in total. The Morgan fingerprint density at radius 3 is 2.15 bits per heavy atom. The zero-order valence-electron chi connectivity index (χ0n) is 19.0. The number of aryl methyl sites for hydroxylation is 1. The van der Waals surface area contributed by atoms with Crippen LogP contribution in [0.1, 0.15) is 31.4 Å². The highest BCUT2D eigenvalue weighted by Crippen LogP contribution is 2.16. The van der Waals surface area contributed by atoms with E-state index < -0.39 is 32.0 Å². The highest BCUT2D eigenvalue weighted by atomic mass is 32.2. The summed E-state index contributed by atoms with van der Waals surface area (Å²) in [6, 6.07) is 11.8. The molecular weight excluding hydrogens is 462 g/mol. The van der Waals surface area contributed by atoms with Crippen LogP contribution >= 0.6 is 0 Å². The van der Waals surface area contributed by atoms with Crippen LogP contribution in [0, 0.1) is 12.8 Å². The minimum atomic E-state index is -3.89. The second-order valence-electron chi connectivity index (χ2n) is 8.20. The van der Waals surface area contributed by atoms with Crippen molar-refractivity contribution in [1.29, 1.82) is 0 Å². The van der Waals surface area contributed by atoms with Crippen LogP contribution in [-0.4, -0.2) is 35.3 Å². The minimum Gasteiger partial charge on any atom is -0.325 e. The van der Waals surface area contributed by atoms with Crippen LogP contribution in [0.15, 0.2) is 66.1 Å². The average molecular weight is 494 g/mol. The van der Waals surface area contributed by atoms with E-state index in [4.69, 9.17) is 0 Å². The number of hydrogen-bond acceptors (Lipinski definition) is 5. The summed E-state index contributed by atoms with van der Waals surface area (Å²) in [5.74, 6) is -0.633. The lowest BCUT2D eigenvalue weighted by Gasteiger charge is -2.20. The molecule has 0 saturated heterocycles. The molecule has 0 aromatic heterocycles. The molecule has 0 aliphatic heterocycles. The fourth-order valence-corrected chi connectivity index (χ4v) is 5.34. The van der Waals surface area contributed by atoms with E-state index in [-0.39, 0.29) is 23.1 Å². The largest absolute Gasteiger partial charge is 0.325 e. The number of hydrogen-bond donors (Lipinski definition) is 3. The van der Waals surface area contributed by atoms with Gasteiger partial charge in [0.1, 0.15) is 6.04 Å². The van der Waals surface area contributed by atoms with Gasteiger partial charge in [0.25, 0.3) is 0 Å². The van der Waals surface area contributed by atoms with Gasteiger partial charge in [-0.1, -0.05) is 49.8 Å². The third kappa shape index (κ3) is 8.73. The third-order valence-corrected chi connectivity index (χ3v) is 7.49. The standard InChI is InChI=1S/C23H31N3O5S2/c1-5-14-24-32(28,29)16-19-8-10-20(11-9-19)25-23(27)22(15-17(2)3)26-33(30,31)21-12-6-18(4)7-13-21/h5-13,17,22,24,26H,1,14-16H2,2-4H3,(H,25,27). The number of benzene rings is 2. The Bertz CT molecular complexity index is 1160. The molecule has 2 aromatic carbocycles. The zero-order valence-corrected chi connectivity index (χ0v) is 20.7. The van der Waals surface area contributed by atoms with Gasteiger partial charge in [-0.15, -0.1) is 6.58 Å². The Kier molecular flexibility index (Phi) is 9.35. The smallest absolute Gasteiger partial charge is 0.242 e. The van der Waals surface area contributed by atoms with Crippen LogP contribution in [0.25, 0.3) is 0 Å². The summed E-state index contributed by atoms with van der Waals surface area (Å²) in [4.78, 5) is 13.0. The monoisotopic (exact) mass is 493 g/mol. The molecule has 1 amide bonds. The number of rotatable bonds is 12. The molecule has 0 spiro atoms. The first-order valence-corrected chi connectivity index (χ1v) is 13.6. The topological polar surface area (TPSA) is 121 Å². The number of sulfonamides is 2. The Hall–Kier alpha value is -2.53. The van der Waals surface area contributed by atoms with Crippen LogP contribution in [0.5, 0.6) is 0 Å². The van der Waals surface area contributed by atoms with Crippen LogP contribution in [-0.2, 0) is 30.6 Å². The molecule has 0 fully saturated rings. The molecule has 33 heavy (non-hydrogen) atoms. The number of amides is 1. The van der Waals surface area contributed by atoms with Crippen molar-refractivity contribution in [3.63, 3.8) is 0 Å². The first-order valence-electron chi connectivity index (χ1n) is 10.5. The van der Waals surface area contributed by atoms with Crippen molar-refractivity contribution in [2.75, 3.05) is 11.9 Å². The zero-order chi connectivity index (χ0) is 24.6. The fraction of sp³-hybridized carbons (Fsp3) is 0.348. The molecule has 180 valence electrons. The number of nitrogens with one attached hydrogen (secondary N) is 3. The summed E-state index contributed by atoms with van der Waals surface area (Å²) in [5.41, 5.74) is 1.91. The van der Waals surface area contributed by atoms with Gasteiger partial charge in [-0.25, -0.2) is 21.6 Å². The van der Waals surface area contributed by atoms with E-state index in [1.165, 1.54) is 18.2 Å². The molecule has 2 aromatic rings. The molecule has 0 aliphatic carbocycles. The quantitative estimate of drug-likeness (QED) is 0.393. The molecule has 1 unspecified atom stereocenters. The highest BCUT2D eigenvalue weighted by molar-refractivity contribution is 7.89. The predicted molar refractivity (Wildman–Crippen MR) is 131 cm³/mol. The fourth-order valence-electron chi connectivity index (χ4n) is 3.02. The lowest BCUT2D eigenvalue weighted by molar-refractivity contribution is -0.118. The van der Waals surface area contributed by atoms with Crippen molar-refractivity contribution in [3.8, 4) is 0 Å². The second kappa shape index (κ2) is 11.6. The van der Waals surface area contributed by atoms with Crippen molar-refractivity contribution in [2.24, 2.45) is 5.92 Å². The van der Waals surface area contributed by atoms with E-state index >= 15 is 0 Å². The van der Waals surface area contributed by atoms with Gasteiger partial charge in [-0.2, -0.15) is 4.72 Å². The van der Waals surface area contributed by atoms with Gasteiger partial charge in [0.15, 0.2) is 0 Å². The molecule has 3 N–H and O–H groups in total. The molecule has 10 heteroatoms. The first-order chi connectivity index (χ1) is 15.4. The van der Waals surface area contributed by atoms with E-state index in [0.29, 0.717) is 17.7 Å². The van der Waals surface area contributed by atoms with E-state index in [1.54, 1.807) is 36.4 Å². The summed E-state index contributed by atoms with van der Waals surface area (Å²) in [7, 11) is -7.38. The Balaban J connectivity index is 2.11. The van der Waals surface area contributed by atoms with Gasteiger partial charge in [0, 0.05) is 12.2 Å². The Labute approximate surface area is 196 Å². The first kappa shape index (κ1) is 26.7. The van der Waals surface area contributed by atoms with Crippen molar-refractivity contribution in [1.82, 2.24) is 9.44 Å². The highest BCUT2D eigenvalue weighted by Gasteiger charge is 2.26. The van der Waals surface area contributed by atoms with E-state index in [2.05, 4.69) is 21.3 Å². The maximum atomic E-state index is 12.9. The lowest BCUT2D eigenvalue weighted by Crippen LogP contribution is -2.44. The van der Waals surface area contributed by atoms with Crippen LogP contribution in [0.3, 0.4) is 0 Å². The number of carbonyl (C=O) groups excluding carboxylic acids is 1. The normalized spacial score (nSPS) is 13.0. The van der Waals surface area contributed by atoms with Crippen LogP contribution in [0.4, 0.5) is 5.69 Å². The van der Waals surface area contributed by atoms with Gasteiger partial charge in [0.2, 0.25) is 26.0 Å². The van der Waals surface area contributed by atoms with Gasteiger partial charge in [-0.05, 0) is 49.1 Å². The van der Waals surface area contributed by atoms with Gasteiger partial charge in [0.05, 0.1) is 10.6 Å². The van der Waals surface area contributed by atoms with Crippen molar-refractivity contribution in [2.45, 2.75) is 43.9 Å². The summed E-state index contributed by atoms with van der Waals surface area (Å²) >= 11 is 0. The minimum absolute atomic E-state index is 0.0668. The third-order valence-electron chi connectivity index (χ3n) is 4.68. The average Bonchev–Trinajstić information content (AvgIpc) is 2.73. The SMILES string of the molecule is C=CCNS(=O)(=O)Cc1ccc(NC(=O)C(CC(C)C)NS(=O)(=O)c2ccc(C)cc2)cc1. The van der Waals surface area contributed by atoms with Gasteiger partial charge in [-0.3, -0.25) is 4.79 Å². The summed E-state index contributed by atoms with van der Waals surface area (Å²) < 4.78 is 54.4. The Morgan fingerprint density at radius 2 is 1.61 bits per heavy atom. The second-order valence-corrected chi connectivity index (χ2v) is 11.7. The van der Waals surface area contributed by atoms with Crippen molar-refractivity contribution in [3.05, 3.63) is 72.3 Å². The number of carbonyl (C=O) groups is 1. The maximum absolute atomic E-state index is 12.9.